The van der Waals surface area contributed by atoms with E-state index in [1.54, 1.807) is 12.1 Å². The van der Waals surface area contributed by atoms with E-state index in [1.165, 1.54) is 11.8 Å². The van der Waals surface area contributed by atoms with Crippen LogP contribution in [0.5, 0.6) is 0 Å². The van der Waals surface area contributed by atoms with E-state index >= 15 is 0 Å². The smallest absolute Gasteiger partial charge is 0.303 e. The highest BCUT2D eigenvalue weighted by Gasteiger charge is 2.38. The van der Waals surface area contributed by atoms with E-state index < -0.39 is 12.3 Å². The third-order valence-electron chi connectivity index (χ3n) is 8.22. The first-order valence-electron chi connectivity index (χ1n) is 15.7. The fourth-order valence-corrected chi connectivity index (χ4v) is 6.56. The number of nitrogens with one attached hydrogen (secondary N) is 1. The molecule has 1 aliphatic rings. The summed E-state index contributed by atoms with van der Waals surface area (Å²) < 4.78 is 19.5. The minimum atomic E-state index is -1.02. The number of amides is 1. The van der Waals surface area contributed by atoms with E-state index in [-0.39, 0.29) is 43.5 Å². The molecule has 2 heterocycles. The second kappa shape index (κ2) is 15.4. The van der Waals surface area contributed by atoms with Gasteiger partial charge in [0.05, 0.1) is 25.2 Å². The van der Waals surface area contributed by atoms with E-state index in [9.17, 15) is 14.7 Å². The molecule has 5 aromatic rings. The maximum Gasteiger partial charge on any atom is 0.303 e. The van der Waals surface area contributed by atoms with Gasteiger partial charge in [0, 0.05) is 40.5 Å². The summed E-state index contributed by atoms with van der Waals surface area (Å²) >= 11 is 1.49. The first-order valence-corrected chi connectivity index (χ1v) is 16.7. The first-order chi connectivity index (χ1) is 23.4. The van der Waals surface area contributed by atoms with Crippen molar-refractivity contribution in [3.63, 3.8) is 0 Å². The average Bonchev–Trinajstić information content (AvgIpc) is 3.56. The van der Waals surface area contributed by atoms with Crippen LogP contribution >= 0.6 is 11.8 Å². The van der Waals surface area contributed by atoms with Crippen LogP contribution in [0, 0.1) is 5.92 Å². The summed E-state index contributed by atoms with van der Waals surface area (Å²) in [5, 5.41) is 21.7. The van der Waals surface area contributed by atoms with Crippen LogP contribution in [-0.4, -0.2) is 38.9 Å². The fraction of sp³-hybridized carbons (Fsp3) is 0.237. The molecule has 0 bridgehead atoms. The quantitative estimate of drug-likeness (QED) is 0.114. The lowest BCUT2D eigenvalue weighted by molar-refractivity contribution is -0.268. The van der Waals surface area contributed by atoms with Gasteiger partial charge in [0.1, 0.15) is 5.69 Å². The maximum atomic E-state index is 12.1. The van der Waals surface area contributed by atoms with E-state index in [0.29, 0.717) is 22.4 Å². The van der Waals surface area contributed by atoms with Crippen molar-refractivity contribution in [3.05, 3.63) is 126 Å². The topological polar surface area (TPSA) is 131 Å². The molecule has 0 radical (unpaired) electrons. The molecule has 4 atom stereocenters. The second-order valence-electron chi connectivity index (χ2n) is 11.6. The first kappa shape index (κ1) is 33.2. The molecule has 3 N–H and O–H groups in total. The SMILES string of the molecule is C[C@H]1[C@@H](CSc2nc(-c3ccccc3)c(-c3ccccc3)o2)O[C@@H](c2ccc(NC(=O)CCC(=O)O)cc2)O[C@H]1c1ccc(CO)cc1. The Morgan fingerprint density at radius 1 is 0.812 bits per heavy atom. The predicted molar refractivity (Wildman–Crippen MR) is 183 cm³/mol. The number of carboxylic acid groups (broad SMARTS) is 1. The normalized spacial score (nSPS) is 19.1. The van der Waals surface area contributed by atoms with E-state index in [0.717, 1.165) is 33.5 Å². The summed E-state index contributed by atoms with van der Waals surface area (Å²) in [6, 6.07) is 34.8. The van der Waals surface area contributed by atoms with Crippen LogP contribution in [0.3, 0.4) is 0 Å². The molecule has 0 aliphatic carbocycles. The van der Waals surface area contributed by atoms with Crippen molar-refractivity contribution in [1.29, 1.82) is 0 Å². The average molecular weight is 665 g/mol. The van der Waals surface area contributed by atoms with Gasteiger partial charge in [0.15, 0.2) is 12.1 Å². The minimum absolute atomic E-state index is 0.0429. The number of aliphatic carboxylic acids is 1. The number of oxazole rings is 1. The van der Waals surface area contributed by atoms with Crippen molar-refractivity contribution in [1.82, 2.24) is 4.98 Å². The number of hydrogen-bond acceptors (Lipinski definition) is 8. The largest absolute Gasteiger partial charge is 0.481 e. The number of aromatic nitrogens is 1. The third kappa shape index (κ3) is 8.03. The maximum absolute atomic E-state index is 12.1. The monoisotopic (exact) mass is 664 g/mol. The summed E-state index contributed by atoms with van der Waals surface area (Å²) in [5.41, 5.74) is 5.80. The summed E-state index contributed by atoms with van der Waals surface area (Å²) in [5.74, 6) is -0.179. The molecule has 0 spiro atoms. The molecule has 9 nitrogen and oxygen atoms in total. The molecule has 1 saturated heterocycles. The number of ether oxygens (including phenoxy) is 2. The van der Waals surface area contributed by atoms with Crippen LogP contribution in [-0.2, 0) is 25.7 Å². The van der Waals surface area contributed by atoms with Gasteiger partial charge in [-0.1, -0.05) is 116 Å². The Bertz CT molecular complexity index is 1760. The molecule has 1 amide bonds. The van der Waals surface area contributed by atoms with Crippen molar-refractivity contribution in [2.45, 2.75) is 50.1 Å². The highest BCUT2D eigenvalue weighted by molar-refractivity contribution is 7.99. The van der Waals surface area contributed by atoms with Gasteiger partial charge in [-0.05, 0) is 23.3 Å². The highest BCUT2D eigenvalue weighted by Crippen LogP contribution is 2.44. The van der Waals surface area contributed by atoms with Gasteiger partial charge in [0.25, 0.3) is 5.22 Å². The molecular weight excluding hydrogens is 628 g/mol. The number of carbonyl (C=O) groups excluding carboxylic acids is 1. The van der Waals surface area contributed by atoms with Crippen LogP contribution in [0.4, 0.5) is 5.69 Å². The zero-order valence-electron chi connectivity index (χ0n) is 26.3. The number of benzene rings is 4. The molecule has 6 rings (SSSR count). The van der Waals surface area contributed by atoms with Crippen molar-refractivity contribution >= 4 is 29.3 Å². The zero-order chi connectivity index (χ0) is 33.5. The second-order valence-corrected chi connectivity index (χ2v) is 12.6. The zero-order valence-corrected chi connectivity index (χ0v) is 27.1. The number of thioether (sulfide) groups is 1. The summed E-state index contributed by atoms with van der Waals surface area (Å²) in [7, 11) is 0. The Hall–Kier alpha value is -4.74. The number of hydrogen-bond donors (Lipinski definition) is 3. The fourth-order valence-electron chi connectivity index (χ4n) is 5.57. The Morgan fingerprint density at radius 2 is 1.46 bits per heavy atom. The molecule has 48 heavy (non-hydrogen) atoms. The number of nitrogens with zero attached hydrogens (tertiary/aromatic N) is 1. The molecule has 246 valence electrons. The Labute approximate surface area is 282 Å². The molecule has 4 aromatic carbocycles. The predicted octanol–water partition coefficient (Wildman–Crippen LogP) is 7.89. The van der Waals surface area contributed by atoms with Crippen molar-refractivity contribution in [3.8, 4) is 22.6 Å². The molecule has 1 aliphatic heterocycles. The van der Waals surface area contributed by atoms with Gasteiger partial charge in [-0.2, -0.15) is 0 Å². The van der Waals surface area contributed by atoms with Crippen LogP contribution in [0.25, 0.3) is 22.6 Å². The van der Waals surface area contributed by atoms with Gasteiger partial charge in [-0.25, -0.2) is 4.98 Å². The highest BCUT2D eigenvalue weighted by atomic mass is 32.2. The van der Waals surface area contributed by atoms with Gasteiger partial charge >= 0.3 is 5.97 Å². The Balaban J connectivity index is 1.23. The van der Waals surface area contributed by atoms with Gasteiger partial charge in [-0.3, -0.25) is 9.59 Å². The van der Waals surface area contributed by atoms with Crippen LogP contribution < -0.4 is 5.32 Å². The number of rotatable bonds is 12. The lowest BCUT2D eigenvalue weighted by atomic mass is 9.91. The van der Waals surface area contributed by atoms with E-state index in [2.05, 4.69) is 12.2 Å². The number of carbonyl (C=O) groups is 2. The lowest BCUT2D eigenvalue weighted by Gasteiger charge is -2.41. The van der Waals surface area contributed by atoms with Gasteiger partial charge in [0.2, 0.25) is 5.91 Å². The lowest BCUT2D eigenvalue weighted by Crippen LogP contribution is -2.38. The van der Waals surface area contributed by atoms with Crippen molar-refractivity contribution in [2.75, 3.05) is 11.1 Å². The van der Waals surface area contributed by atoms with E-state index in [4.69, 9.17) is 24.0 Å². The van der Waals surface area contributed by atoms with Gasteiger partial charge < -0.3 is 29.4 Å². The number of aliphatic hydroxyl groups excluding tert-OH is 1. The van der Waals surface area contributed by atoms with Crippen LogP contribution in [0.2, 0.25) is 0 Å². The molecular formula is C38H36N2O7S. The van der Waals surface area contributed by atoms with Crippen LogP contribution in [0.1, 0.15) is 48.8 Å². The van der Waals surface area contributed by atoms with Crippen molar-refractivity contribution in [2.24, 2.45) is 5.92 Å². The van der Waals surface area contributed by atoms with E-state index in [1.807, 2.05) is 97.1 Å². The van der Waals surface area contributed by atoms with Gasteiger partial charge in [-0.15, -0.1) is 0 Å². The Kier molecular flexibility index (Phi) is 10.7. The molecule has 1 fully saturated rings. The summed E-state index contributed by atoms with van der Waals surface area (Å²) in [4.78, 5) is 27.9. The Morgan fingerprint density at radius 3 is 2.10 bits per heavy atom. The van der Waals surface area contributed by atoms with Crippen LogP contribution in [0.15, 0.2) is 119 Å². The number of aliphatic hydroxyl groups is 1. The number of anilines is 1. The molecule has 1 aromatic heterocycles. The standard InChI is InChI=1S/C38H36N2O7S/c1-24-31(23-48-38-40-34(26-8-4-2-5-9-26)36(47-38)27-10-6-3-7-11-27)45-37(46-35(24)28-14-12-25(22-41)13-15-28)29-16-18-30(19-17-29)39-32(42)20-21-33(43)44/h2-19,24,31,35,37,41H,20-23H2,1H3,(H,39,42)(H,43,44)/t24-,31+,35+,37+/m0/s1. The third-order valence-corrected chi connectivity index (χ3v) is 9.13. The van der Waals surface area contributed by atoms with Crippen molar-refractivity contribution < 1.29 is 33.7 Å². The molecule has 0 unspecified atom stereocenters. The number of carboxylic acids is 1. The summed E-state index contributed by atoms with van der Waals surface area (Å²) in [6.45, 7) is 2.06. The molecule has 10 heteroatoms. The molecule has 0 saturated carbocycles. The summed E-state index contributed by atoms with van der Waals surface area (Å²) in [6.07, 6.45) is -1.60. The minimum Gasteiger partial charge on any atom is -0.481 e.